The first-order chi connectivity index (χ1) is 30.9. The Labute approximate surface area is 394 Å². The highest BCUT2D eigenvalue weighted by molar-refractivity contribution is 6.00. The molecular weight excluding hydrogens is 844 g/mol. The molecular formula is C50H83FN8O7. The van der Waals surface area contributed by atoms with Crippen molar-refractivity contribution in [3.05, 3.63) is 35.6 Å². The summed E-state index contributed by atoms with van der Waals surface area (Å²) in [6.45, 7) is 19.4. The van der Waals surface area contributed by atoms with Gasteiger partial charge in [0, 0.05) is 24.7 Å². The van der Waals surface area contributed by atoms with Gasteiger partial charge in [0.2, 0.25) is 35.4 Å². The number of likely N-dealkylation sites (tertiary alicyclic amines) is 1. The maximum absolute atomic E-state index is 14.4. The summed E-state index contributed by atoms with van der Waals surface area (Å²) in [5.74, 6) is -3.54. The summed E-state index contributed by atoms with van der Waals surface area (Å²) in [4.78, 5) is 101. The molecule has 0 spiro atoms. The van der Waals surface area contributed by atoms with Crippen LogP contribution in [-0.2, 0) is 28.8 Å². The van der Waals surface area contributed by atoms with E-state index in [0.29, 0.717) is 44.7 Å². The molecule has 2 fully saturated rings. The van der Waals surface area contributed by atoms with Crippen LogP contribution in [0.3, 0.4) is 0 Å². The molecule has 1 aliphatic heterocycles. The quantitative estimate of drug-likeness (QED) is 0.0826. The molecule has 1 saturated heterocycles. The molecule has 0 bridgehead atoms. The van der Waals surface area contributed by atoms with Crippen LogP contribution in [0.4, 0.5) is 4.39 Å². The van der Waals surface area contributed by atoms with Crippen molar-refractivity contribution in [2.24, 2.45) is 29.6 Å². The Morgan fingerprint density at radius 3 is 1.73 bits per heavy atom. The smallest absolute Gasteiger partial charge is 0.254 e. The highest BCUT2D eigenvalue weighted by atomic mass is 19.1. The van der Waals surface area contributed by atoms with Gasteiger partial charge in [-0.1, -0.05) is 80.6 Å². The standard InChI is InChI=1S/C50H83FN8O7/c1-30(2)24-39(44(61)52-34(8)29-58(11)12)54-45(62)40(25-31(3)4)56-49(66)50(9,10)57-46(63)41(26-32(5)6)55-43(60)38(23-18-35-16-14-13-15-17-35)53-47(64)42-27-33(7)28-59(42)48(65)36-19-21-37(51)22-20-36/h19-22,30-35,38-42H,13-18,23-29H2,1-12H3,(H,52,61)(H,53,64)(H,54,62)(H,55,60)(H,56,66)(H,57,63)/t33-,34-,38-,39-,40-,41-,42-/m0/s1. The van der Waals surface area contributed by atoms with Crippen LogP contribution in [0.25, 0.3) is 0 Å². The van der Waals surface area contributed by atoms with Crippen LogP contribution in [0, 0.1) is 35.4 Å². The Kier molecular flexibility index (Phi) is 22.0. The van der Waals surface area contributed by atoms with E-state index in [9.17, 15) is 38.0 Å². The van der Waals surface area contributed by atoms with Crippen LogP contribution >= 0.6 is 0 Å². The Morgan fingerprint density at radius 1 is 0.697 bits per heavy atom. The average Bonchev–Trinajstić information content (AvgIpc) is 3.62. The summed E-state index contributed by atoms with van der Waals surface area (Å²) in [5.41, 5.74) is -1.29. The molecule has 372 valence electrons. The number of hydrogen-bond donors (Lipinski definition) is 6. The van der Waals surface area contributed by atoms with Gasteiger partial charge in [-0.3, -0.25) is 33.6 Å². The van der Waals surface area contributed by atoms with Gasteiger partial charge in [-0.05, 0) is 127 Å². The Morgan fingerprint density at radius 2 is 1.20 bits per heavy atom. The van der Waals surface area contributed by atoms with E-state index in [-0.39, 0.29) is 54.0 Å². The van der Waals surface area contributed by atoms with Gasteiger partial charge < -0.3 is 41.7 Å². The first-order valence-corrected chi connectivity index (χ1v) is 24.4. The fourth-order valence-corrected chi connectivity index (χ4v) is 9.07. The maximum atomic E-state index is 14.4. The molecule has 0 radical (unpaired) electrons. The lowest BCUT2D eigenvalue weighted by Crippen LogP contribution is -2.63. The number of carbonyl (C=O) groups excluding carboxylic acids is 7. The van der Waals surface area contributed by atoms with Gasteiger partial charge in [0.15, 0.2) is 0 Å². The number of nitrogens with zero attached hydrogens (tertiary/aromatic N) is 2. The van der Waals surface area contributed by atoms with E-state index < -0.39 is 77.0 Å². The van der Waals surface area contributed by atoms with E-state index in [1.165, 1.54) is 43.0 Å². The number of likely N-dealkylation sites (N-methyl/N-ethyl adjacent to an activating group) is 1. The van der Waals surface area contributed by atoms with Crippen molar-refractivity contribution >= 4 is 41.4 Å². The number of amides is 7. The van der Waals surface area contributed by atoms with E-state index in [1.807, 2.05) is 74.4 Å². The Hall–Kier alpha value is -4.60. The first kappa shape index (κ1) is 55.7. The topological polar surface area (TPSA) is 198 Å². The lowest BCUT2D eigenvalue weighted by Gasteiger charge is -2.32. The second-order valence-electron chi connectivity index (χ2n) is 21.3. The van der Waals surface area contributed by atoms with Crippen LogP contribution in [-0.4, -0.2) is 120 Å². The highest BCUT2D eigenvalue weighted by Gasteiger charge is 2.41. The molecule has 1 aromatic rings. The van der Waals surface area contributed by atoms with Crippen molar-refractivity contribution in [1.29, 1.82) is 0 Å². The van der Waals surface area contributed by atoms with Crippen molar-refractivity contribution in [3.8, 4) is 0 Å². The molecule has 0 aromatic heterocycles. The minimum atomic E-state index is -1.54. The van der Waals surface area contributed by atoms with Crippen molar-refractivity contribution in [2.75, 3.05) is 27.2 Å². The second-order valence-corrected chi connectivity index (χ2v) is 21.3. The van der Waals surface area contributed by atoms with Crippen LogP contribution in [0.15, 0.2) is 24.3 Å². The van der Waals surface area contributed by atoms with Crippen LogP contribution in [0.5, 0.6) is 0 Å². The number of hydrogen-bond acceptors (Lipinski definition) is 8. The Bertz CT molecular complexity index is 1780. The van der Waals surface area contributed by atoms with E-state index in [4.69, 9.17) is 0 Å². The number of halogens is 1. The molecule has 16 heteroatoms. The SMILES string of the molecule is CC(C)C[C@H](NC(=O)[C@H](CC(C)C)NC(=O)C(C)(C)NC(=O)[C@H](CC(C)C)NC(=O)[C@H](CCC1CCCCC1)NC(=O)[C@@H]1C[C@H](C)CN1C(=O)c1ccc(F)cc1)C(=O)N[C@@H](C)CN(C)C. The molecule has 1 aliphatic carbocycles. The van der Waals surface area contributed by atoms with E-state index >= 15 is 0 Å². The monoisotopic (exact) mass is 927 g/mol. The zero-order chi connectivity index (χ0) is 49.5. The van der Waals surface area contributed by atoms with Gasteiger partial charge in [-0.2, -0.15) is 0 Å². The van der Waals surface area contributed by atoms with Gasteiger partial charge in [-0.15, -0.1) is 0 Å². The summed E-state index contributed by atoms with van der Waals surface area (Å²) in [5, 5.41) is 17.4. The van der Waals surface area contributed by atoms with Gasteiger partial charge in [0.05, 0.1) is 0 Å². The fourth-order valence-electron chi connectivity index (χ4n) is 9.07. The van der Waals surface area contributed by atoms with Crippen molar-refractivity contribution < 1.29 is 38.0 Å². The minimum absolute atomic E-state index is 0.00429. The van der Waals surface area contributed by atoms with E-state index in [0.717, 1.165) is 32.1 Å². The first-order valence-electron chi connectivity index (χ1n) is 24.4. The second kappa shape index (κ2) is 26.1. The molecule has 2 aliphatic rings. The van der Waals surface area contributed by atoms with Gasteiger partial charge in [0.1, 0.15) is 41.6 Å². The predicted molar refractivity (Wildman–Crippen MR) is 255 cm³/mol. The minimum Gasteiger partial charge on any atom is -0.351 e. The number of benzene rings is 1. The lowest BCUT2D eigenvalue weighted by atomic mass is 9.85. The normalized spacial score (nSPS) is 19.2. The van der Waals surface area contributed by atoms with Crippen LogP contribution < -0.4 is 31.9 Å². The third-order valence-corrected chi connectivity index (χ3v) is 12.4. The number of rotatable bonds is 24. The summed E-state index contributed by atoms with van der Waals surface area (Å²) in [7, 11) is 3.82. The predicted octanol–water partition coefficient (Wildman–Crippen LogP) is 5.08. The molecule has 1 heterocycles. The third kappa shape index (κ3) is 18.2. The Balaban J connectivity index is 1.80. The maximum Gasteiger partial charge on any atom is 0.254 e. The molecule has 3 rings (SSSR count). The lowest BCUT2D eigenvalue weighted by molar-refractivity contribution is -0.138. The summed E-state index contributed by atoms with van der Waals surface area (Å²) >= 11 is 0. The molecule has 1 saturated carbocycles. The largest absolute Gasteiger partial charge is 0.351 e. The number of nitrogens with one attached hydrogen (secondary N) is 6. The summed E-state index contributed by atoms with van der Waals surface area (Å²) in [6, 6.07) is 0.237. The van der Waals surface area contributed by atoms with Gasteiger partial charge >= 0.3 is 0 Å². The molecule has 7 atom stereocenters. The van der Waals surface area contributed by atoms with E-state index in [1.54, 1.807) is 0 Å². The van der Waals surface area contributed by atoms with Crippen molar-refractivity contribution in [2.45, 2.75) is 182 Å². The van der Waals surface area contributed by atoms with Gasteiger partial charge in [0.25, 0.3) is 5.91 Å². The van der Waals surface area contributed by atoms with Gasteiger partial charge in [-0.25, -0.2) is 4.39 Å². The van der Waals surface area contributed by atoms with E-state index in [2.05, 4.69) is 31.9 Å². The van der Waals surface area contributed by atoms with Crippen molar-refractivity contribution in [1.82, 2.24) is 41.7 Å². The molecule has 66 heavy (non-hydrogen) atoms. The molecule has 7 amide bonds. The zero-order valence-electron chi connectivity index (χ0n) is 42.0. The summed E-state index contributed by atoms with van der Waals surface area (Å²) in [6.07, 6.45) is 7.71. The summed E-state index contributed by atoms with van der Waals surface area (Å²) < 4.78 is 13.7. The molecule has 15 nitrogen and oxygen atoms in total. The zero-order valence-corrected chi connectivity index (χ0v) is 42.0. The van der Waals surface area contributed by atoms with Crippen LogP contribution in [0.1, 0.15) is 150 Å². The molecule has 6 N–H and O–H groups in total. The molecule has 0 unspecified atom stereocenters. The highest BCUT2D eigenvalue weighted by Crippen LogP contribution is 2.29. The average molecular weight is 927 g/mol. The fraction of sp³-hybridized carbons (Fsp3) is 0.740. The molecule has 1 aromatic carbocycles. The number of carbonyl (C=O) groups is 7. The van der Waals surface area contributed by atoms with Crippen LogP contribution in [0.2, 0.25) is 0 Å². The van der Waals surface area contributed by atoms with Crippen molar-refractivity contribution in [3.63, 3.8) is 0 Å². The third-order valence-electron chi connectivity index (χ3n) is 12.4.